The maximum absolute atomic E-state index is 13.0. The van der Waals surface area contributed by atoms with Crippen LogP contribution in [0.2, 0.25) is 0 Å². The number of nitrogens with one attached hydrogen (secondary N) is 2. The van der Waals surface area contributed by atoms with Crippen molar-refractivity contribution in [3.8, 4) is 16.5 Å². The van der Waals surface area contributed by atoms with E-state index in [1.165, 1.54) is 0 Å². The maximum Gasteiger partial charge on any atom is 0.507 e. The van der Waals surface area contributed by atoms with Gasteiger partial charge in [-0.3, -0.25) is 10.1 Å². The highest BCUT2D eigenvalue weighted by Gasteiger charge is 2.23. The number of hydrogen-bond donors (Lipinski definition) is 3. The zero-order valence-corrected chi connectivity index (χ0v) is 21.2. The summed E-state index contributed by atoms with van der Waals surface area (Å²) < 4.78 is 16.4. The maximum atomic E-state index is 13.0. The molecule has 0 aliphatic rings. The Morgan fingerprint density at radius 3 is 2.40 bits per heavy atom. The molecule has 35 heavy (non-hydrogen) atoms. The van der Waals surface area contributed by atoms with Gasteiger partial charge in [-0.25, -0.2) is 4.79 Å². The molecule has 2 aromatic carbocycles. The van der Waals surface area contributed by atoms with Crippen LogP contribution in [0.15, 0.2) is 60.0 Å². The lowest BCUT2D eigenvalue weighted by atomic mass is 10.0. The Morgan fingerprint density at radius 1 is 1.11 bits per heavy atom. The van der Waals surface area contributed by atoms with Crippen LogP contribution in [0.3, 0.4) is 0 Å². The molecule has 1 aromatic heterocycles. The number of hydrogen-bond acceptors (Lipinski definition) is 6. The van der Waals surface area contributed by atoms with E-state index in [1.54, 1.807) is 68.5 Å². The average molecular weight is 511 g/mol. The summed E-state index contributed by atoms with van der Waals surface area (Å²) in [6, 6.07) is 17.5. The molecular formula is C25H25N3O5PS+. The Morgan fingerprint density at radius 2 is 1.83 bits per heavy atom. The van der Waals surface area contributed by atoms with Gasteiger partial charge in [-0.2, -0.15) is 10.2 Å². The van der Waals surface area contributed by atoms with E-state index in [-0.39, 0.29) is 6.16 Å². The molecule has 2 unspecified atom stereocenters. The Bertz CT molecular complexity index is 1260. The Kier molecular flexibility index (Phi) is 8.36. The Labute approximate surface area is 208 Å². The molecule has 8 nitrogen and oxygen atoms in total. The van der Waals surface area contributed by atoms with Gasteiger partial charge in [0.15, 0.2) is 6.16 Å². The number of nitrogens with zero attached hydrogens (tertiary/aromatic N) is 1. The summed E-state index contributed by atoms with van der Waals surface area (Å²) in [7, 11) is -2.46. The normalized spacial score (nSPS) is 12.3. The van der Waals surface area contributed by atoms with Gasteiger partial charge in [-0.1, -0.05) is 24.3 Å². The van der Waals surface area contributed by atoms with Crippen LogP contribution >= 0.6 is 19.4 Å². The SMILES string of the molecule is CC(C)(C)OC(=O)Nc1ccc(-c2cccs2)cc1NC(=O)c1ccc(C(C#N)C[P+](=O)O)cc1. The first kappa shape index (κ1) is 26.0. The molecule has 1 heterocycles. The summed E-state index contributed by atoms with van der Waals surface area (Å²) in [6.07, 6.45) is -0.821. The molecule has 3 aromatic rings. The van der Waals surface area contributed by atoms with Gasteiger partial charge in [0.1, 0.15) is 11.5 Å². The number of carbonyl (C=O) groups excluding carboxylic acids is 2. The lowest BCUT2D eigenvalue weighted by Crippen LogP contribution is -2.27. The third kappa shape index (κ3) is 7.46. The highest BCUT2D eigenvalue weighted by molar-refractivity contribution is 7.38. The molecule has 2 amide bonds. The van der Waals surface area contributed by atoms with Gasteiger partial charge in [0.25, 0.3) is 5.91 Å². The number of rotatable bonds is 7. The standard InChI is InChI=1S/C25H24N3O5PS/c1-25(2,3)33-24(30)28-20-11-10-18(22-5-4-12-35-22)13-21(20)27-23(29)17-8-6-16(7-9-17)19(14-26)15-34(31)32/h4-13,19H,15H2,1-3H3,(H2-,27,28,29,30,31,32)/p+1. The van der Waals surface area contributed by atoms with E-state index in [1.807, 2.05) is 29.6 Å². The molecule has 0 saturated heterocycles. The number of ether oxygens (including phenoxy) is 1. The van der Waals surface area contributed by atoms with Crippen LogP contribution < -0.4 is 10.6 Å². The lowest BCUT2D eigenvalue weighted by Gasteiger charge is -2.21. The molecule has 0 radical (unpaired) electrons. The van der Waals surface area contributed by atoms with Gasteiger partial charge < -0.3 is 10.1 Å². The fourth-order valence-corrected chi connectivity index (χ4v) is 4.53. The van der Waals surface area contributed by atoms with Gasteiger partial charge in [-0.15, -0.1) is 11.3 Å². The number of benzene rings is 2. The number of thiophene rings is 1. The average Bonchev–Trinajstić information content (AvgIpc) is 3.32. The van der Waals surface area contributed by atoms with Gasteiger partial charge in [0.05, 0.1) is 17.4 Å². The van der Waals surface area contributed by atoms with E-state index in [0.717, 1.165) is 10.4 Å². The van der Waals surface area contributed by atoms with E-state index >= 15 is 0 Å². The molecule has 3 N–H and O–H groups in total. The highest BCUT2D eigenvalue weighted by atomic mass is 32.1. The minimum atomic E-state index is -2.46. The van der Waals surface area contributed by atoms with Crippen LogP contribution in [-0.2, 0) is 9.30 Å². The summed E-state index contributed by atoms with van der Waals surface area (Å²) in [5, 5.41) is 16.7. The van der Waals surface area contributed by atoms with Crippen LogP contribution in [0.25, 0.3) is 10.4 Å². The number of amides is 2. The van der Waals surface area contributed by atoms with Crippen molar-refractivity contribution in [1.29, 1.82) is 5.26 Å². The van der Waals surface area contributed by atoms with Gasteiger partial charge in [-0.05, 0) is 72.2 Å². The molecule has 0 bridgehead atoms. The van der Waals surface area contributed by atoms with Crippen molar-refractivity contribution in [2.45, 2.75) is 32.3 Å². The van der Waals surface area contributed by atoms with Crippen molar-refractivity contribution in [3.05, 3.63) is 71.1 Å². The summed E-state index contributed by atoms with van der Waals surface area (Å²) in [6.45, 7) is 5.28. The first-order valence-corrected chi connectivity index (χ1v) is 13.0. The Balaban J connectivity index is 1.85. The summed E-state index contributed by atoms with van der Waals surface area (Å²) in [4.78, 5) is 35.5. The zero-order chi connectivity index (χ0) is 25.6. The molecule has 0 fully saturated rings. The topological polar surface area (TPSA) is 129 Å². The molecule has 2 atom stereocenters. The molecule has 3 rings (SSSR count). The second-order valence-corrected chi connectivity index (χ2v) is 10.7. The number of anilines is 2. The highest BCUT2D eigenvalue weighted by Crippen LogP contribution is 2.32. The van der Waals surface area contributed by atoms with E-state index in [9.17, 15) is 19.4 Å². The predicted octanol–water partition coefficient (Wildman–Crippen LogP) is 6.36. The monoisotopic (exact) mass is 510 g/mol. The number of carbonyl (C=O) groups is 2. The molecule has 0 spiro atoms. The van der Waals surface area contributed by atoms with Crippen LogP contribution in [0.4, 0.5) is 16.2 Å². The third-order valence-electron chi connectivity index (χ3n) is 4.78. The van der Waals surface area contributed by atoms with Crippen molar-refractivity contribution in [1.82, 2.24) is 0 Å². The largest absolute Gasteiger partial charge is 0.507 e. The summed E-state index contributed by atoms with van der Waals surface area (Å²) in [5.74, 6) is -1.17. The minimum Gasteiger partial charge on any atom is -0.444 e. The second-order valence-electron chi connectivity index (χ2n) is 8.66. The van der Waals surface area contributed by atoms with Crippen LogP contribution in [0.1, 0.15) is 42.6 Å². The first-order chi connectivity index (χ1) is 16.6. The molecule has 0 aliphatic carbocycles. The van der Waals surface area contributed by atoms with E-state index < -0.39 is 31.5 Å². The fourth-order valence-electron chi connectivity index (χ4n) is 3.20. The van der Waals surface area contributed by atoms with Crippen molar-refractivity contribution in [2.75, 3.05) is 16.8 Å². The van der Waals surface area contributed by atoms with Crippen molar-refractivity contribution < 1.29 is 23.8 Å². The lowest BCUT2D eigenvalue weighted by molar-refractivity contribution is 0.0635. The van der Waals surface area contributed by atoms with Crippen LogP contribution in [0, 0.1) is 11.3 Å². The zero-order valence-electron chi connectivity index (χ0n) is 19.4. The van der Waals surface area contributed by atoms with Gasteiger partial charge in [0, 0.05) is 10.4 Å². The molecule has 180 valence electrons. The smallest absolute Gasteiger partial charge is 0.444 e. The Hall–Kier alpha value is -3.57. The van der Waals surface area contributed by atoms with Gasteiger partial charge in [0.2, 0.25) is 0 Å². The number of nitriles is 1. The predicted molar refractivity (Wildman–Crippen MR) is 137 cm³/mol. The van der Waals surface area contributed by atoms with Crippen LogP contribution in [0.5, 0.6) is 0 Å². The second kappa shape index (κ2) is 11.2. The first-order valence-electron chi connectivity index (χ1n) is 10.7. The van der Waals surface area contributed by atoms with E-state index in [0.29, 0.717) is 22.5 Å². The fraction of sp³-hybridized carbons (Fsp3) is 0.240. The minimum absolute atomic E-state index is 0.174. The van der Waals surface area contributed by atoms with Crippen molar-refractivity contribution in [3.63, 3.8) is 0 Å². The van der Waals surface area contributed by atoms with Crippen molar-refractivity contribution >= 4 is 42.7 Å². The van der Waals surface area contributed by atoms with Crippen LogP contribution in [-0.4, -0.2) is 28.7 Å². The molecular weight excluding hydrogens is 485 g/mol. The summed E-state index contributed by atoms with van der Waals surface area (Å²) in [5.41, 5.74) is 1.83. The molecule has 10 heteroatoms. The van der Waals surface area contributed by atoms with Gasteiger partial charge >= 0.3 is 14.1 Å². The van der Waals surface area contributed by atoms with E-state index in [2.05, 4.69) is 10.6 Å². The molecule has 0 saturated carbocycles. The molecule has 0 aliphatic heterocycles. The third-order valence-corrected chi connectivity index (χ3v) is 6.38. The van der Waals surface area contributed by atoms with Crippen molar-refractivity contribution in [2.24, 2.45) is 0 Å². The summed E-state index contributed by atoms with van der Waals surface area (Å²) >= 11 is 1.55. The quantitative estimate of drug-likeness (QED) is 0.318. The van der Waals surface area contributed by atoms with E-state index in [4.69, 9.17) is 9.63 Å².